The molecule has 0 aliphatic carbocycles. The zero-order chi connectivity index (χ0) is 13.9. The molecule has 0 fully saturated rings. The fraction of sp³-hybridized carbons (Fsp3) is 0.125. The standard InChI is InChI=1S/C16H16N4/c1-12-5-2-3-6-13(12)10-20-11-18-9-15(20)14-7-4-8-19-16(14)17/h2-9,11H,10H2,1H3,(H2,17,19). The van der Waals surface area contributed by atoms with Gasteiger partial charge in [0.05, 0.1) is 18.2 Å². The monoisotopic (exact) mass is 264 g/mol. The maximum absolute atomic E-state index is 5.95. The highest BCUT2D eigenvalue weighted by Gasteiger charge is 2.09. The number of anilines is 1. The molecule has 100 valence electrons. The highest BCUT2D eigenvalue weighted by molar-refractivity contribution is 5.70. The molecule has 0 radical (unpaired) electrons. The van der Waals surface area contributed by atoms with Crippen molar-refractivity contribution in [1.82, 2.24) is 14.5 Å². The van der Waals surface area contributed by atoms with Crippen molar-refractivity contribution in [1.29, 1.82) is 0 Å². The predicted molar refractivity (Wildman–Crippen MR) is 80.2 cm³/mol. The average Bonchev–Trinajstić information content (AvgIpc) is 2.90. The number of rotatable bonds is 3. The number of aromatic nitrogens is 3. The number of nitrogens with zero attached hydrogens (tertiary/aromatic N) is 3. The minimum atomic E-state index is 0.527. The molecule has 0 spiro atoms. The molecule has 2 N–H and O–H groups in total. The first-order valence-corrected chi connectivity index (χ1v) is 6.51. The van der Waals surface area contributed by atoms with E-state index in [9.17, 15) is 0 Å². The number of aryl methyl sites for hydroxylation is 1. The molecule has 0 saturated heterocycles. The molecule has 3 aromatic rings. The van der Waals surface area contributed by atoms with Crippen molar-refractivity contribution >= 4 is 5.82 Å². The van der Waals surface area contributed by atoms with Gasteiger partial charge in [-0.15, -0.1) is 0 Å². The second-order valence-electron chi connectivity index (χ2n) is 4.77. The van der Waals surface area contributed by atoms with Crippen LogP contribution in [0, 0.1) is 6.92 Å². The minimum Gasteiger partial charge on any atom is -0.383 e. The van der Waals surface area contributed by atoms with E-state index in [-0.39, 0.29) is 0 Å². The summed E-state index contributed by atoms with van der Waals surface area (Å²) >= 11 is 0. The van der Waals surface area contributed by atoms with Crippen LogP contribution in [0.25, 0.3) is 11.3 Å². The summed E-state index contributed by atoms with van der Waals surface area (Å²) in [4.78, 5) is 8.38. The van der Waals surface area contributed by atoms with Gasteiger partial charge >= 0.3 is 0 Å². The maximum Gasteiger partial charge on any atom is 0.132 e. The molecule has 0 aliphatic rings. The van der Waals surface area contributed by atoms with Gasteiger partial charge < -0.3 is 10.3 Å². The Morgan fingerprint density at radius 1 is 1.15 bits per heavy atom. The SMILES string of the molecule is Cc1ccccc1Cn1cncc1-c1cccnc1N. The van der Waals surface area contributed by atoms with Crippen LogP contribution in [0.4, 0.5) is 5.82 Å². The van der Waals surface area contributed by atoms with Crippen LogP contribution < -0.4 is 5.73 Å². The van der Waals surface area contributed by atoms with Gasteiger partial charge in [0, 0.05) is 18.3 Å². The molecule has 0 aliphatic heterocycles. The van der Waals surface area contributed by atoms with E-state index in [4.69, 9.17) is 5.73 Å². The molecule has 0 atom stereocenters. The number of nitrogen functional groups attached to an aromatic ring is 1. The van der Waals surface area contributed by atoms with E-state index < -0.39 is 0 Å². The summed E-state index contributed by atoms with van der Waals surface area (Å²) in [5, 5.41) is 0. The molecule has 0 saturated carbocycles. The van der Waals surface area contributed by atoms with Gasteiger partial charge in [-0.05, 0) is 30.2 Å². The molecular weight excluding hydrogens is 248 g/mol. The van der Waals surface area contributed by atoms with Crippen LogP contribution in [0.1, 0.15) is 11.1 Å². The average molecular weight is 264 g/mol. The van der Waals surface area contributed by atoms with E-state index in [0.29, 0.717) is 5.82 Å². The maximum atomic E-state index is 5.95. The van der Waals surface area contributed by atoms with Crippen molar-refractivity contribution in [3.05, 3.63) is 66.2 Å². The number of hydrogen-bond donors (Lipinski definition) is 1. The van der Waals surface area contributed by atoms with Crippen molar-refractivity contribution in [2.24, 2.45) is 0 Å². The Morgan fingerprint density at radius 3 is 2.80 bits per heavy atom. The zero-order valence-corrected chi connectivity index (χ0v) is 11.3. The van der Waals surface area contributed by atoms with Gasteiger partial charge in [0.25, 0.3) is 0 Å². The lowest BCUT2D eigenvalue weighted by Gasteiger charge is -2.11. The predicted octanol–water partition coefficient (Wildman–Crippen LogP) is 2.88. The largest absolute Gasteiger partial charge is 0.383 e. The third-order valence-electron chi connectivity index (χ3n) is 3.43. The van der Waals surface area contributed by atoms with Crippen molar-refractivity contribution in [2.45, 2.75) is 13.5 Å². The van der Waals surface area contributed by atoms with Gasteiger partial charge in [0.1, 0.15) is 5.82 Å². The lowest BCUT2D eigenvalue weighted by Crippen LogP contribution is -2.03. The van der Waals surface area contributed by atoms with Gasteiger partial charge in [-0.2, -0.15) is 0 Å². The van der Waals surface area contributed by atoms with E-state index in [1.807, 2.05) is 30.7 Å². The molecular formula is C16H16N4. The van der Waals surface area contributed by atoms with E-state index in [0.717, 1.165) is 17.8 Å². The molecule has 4 nitrogen and oxygen atoms in total. The number of pyridine rings is 1. The Hall–Kier alpha value is -2.62. The van der Waals surface area contributed by atoms with Crippen LogP contribution in [-0.4, -0.2) is 14.5 Å². The summed E-state index contributed by atoms with van der Waals surface area (Å²) in [6.07, 6.45) is 5.35. The minimum absolute atomic E-state index is 0.527. The highest BCUT2D eigenvalue weighted by Crippen LogP contribution is 2.24. The summed E-state index contributed by atoms with van der Waals surface area (Å²) in [6.45, 7) is 2.89. The molecule has 20 heavy (non-hydrogen) atoms. The topological polar surface area (TPSA) is 56.7 Å². The fourth-order valence-corrected chi connectivity index (χ4v) is 2.28. The summed E-state index contributed by atoms with van der Waals surface area (Å²) in [6, 6.07) is 12.2. The highest BCUT2D eigenvalue weighted by atomic mass is 15.0. The van der Waals surface area contributed by atoms with E-state index in [2.05, 4.69) is 39.7 Å². The van der Waals surface area contributed by atoms with Crippen molar-refractivity contribution in [3.8, 4) is 11.3 Å². The second kappa shape index (κ2) is 5.17. The lowest BCUT2D eigenvalue weighted by molar-refractivity contribution is 0.799. The van der Waals surface area contributed by atoms with E-state index >= 15 is 0 Å². The summed E-state index contributed by atoms with van der Waals surface area (Å²) in [5.74, 6) is 0.527. The molecule has 2 heterocycles. The van der Waals surface area contributed by atoms with E-state index in [1.54, 1.807) is 6.20 Å². The number of imidazole rings is 1. The molecule has 4 heteroatoms. The Labute approximate surface area is 117 Å². The molecule has 1 aromatic carbocycles. The first-order chi connectivity index (χ1) is 9.75. The molecule has 2 aromatic heterocycles. The van der Waals surface area contributed by atoms with Gasteiger partial charge in [-0.3, -0.25) is 0 Å². The smallest absolute Gasteiger partial charge is 0.132 e. The number of hydrogen-bond acceptors (Lipinski definition) is 3. The number of benzene rings is 1. The van der Waals surface area contributed by atoms with Gasteiger partial charge in [-0.1, -0.05) is 24.3 Å². The Bertz CT molecular complexity index is 731. The molecule has 3 rings (SSSR count). The quantitative estimate of drug-likeness (QED) is 0.791. The lowest BCUT2D eigenvalue weighted by atomic mass is 10.1. The second-order valence-corrected chi connectivity index (χ2v) is 4.77. The molecule has 0 bridgehead atoms. The van der Waals surface area contributed by atoms with Crippen LogP contribution in [0.3, 0.4) is 0 Å². The van der Waals surface area contributed by atoms with Gasteiger partial charge in [-0.25, -0.2) is 9.97 Å². The Kier molecular flexibility index (Phi) is 3.21. The van der Waals surface area contributed by atoms with Gasteiger partial charge in [0.15, 0.2) is 0 Å². The number of nitrogens with two attached hydrogens (primary N) is 1. The third kappa shape index (κ3) is 2.28. The van der Waals surface area contributed by atoms with Crippen molar-refractivity contribution in [2.75, 3.05) is 5.73 Å². The summed E-state index contributed by atoms with van der Waals surface area (Å²) in [5.41, 5.74) is 10.4. The Morgan fingerprint density at radius 2 is 2.00 bits per heavy atom. The van der Waals surface area contributed by atoms with Crippen LogP contribution in [-0.2, 0) is 6.54 Å². The Balaban J connectivity index is 2.00. The third-order valence-corrected chi connectivity index (χ3v) is 3.43. The van der Waals surface area contributed by atoms with Crippen LogP contribution in [0.2, 0.25) is 0 Å². The first-order valence-electron chi connectivity index (χ1n) is 6.51. The first kappa shape index (κ1) is 12.4. The van der Waals surface area contributed by atoms with Crippen LogP contribution in [0.5, 0.6) is 0 Å². The van der Waals surface area contributed by atoms with Crippen molar-refractivity contribution < 1.29 is 0 Å². The fourth-order valence-electron chi connectivity index (χ4n) is 2.28. The van der Waals surface area contributed by atoms with Crippen LogP contribution in [0.15, 0.2) is 55.1 Å². The normalized spacial score (nSPS) is 10.7. The van der Waals surface area contributed by atoms with Gasteiger partial charge in [0.2, 0.25) is 0 Å². The summed E-state index contributed by atoms with van der Waals surface area (Å²) < 4.78 is 2.09. The molecule has 0 amide bonds. The zero-order valence-electron chi connectivity index (χ0n) is 11.3. The van der Waals surface area contributed by atoms with Crippen molar-refractivity contribution in [3.63, 3.8) is 0 Å². The summed E-state index contributed by atoms with van der Waals surface area (Å²) in [7, 11) is 0. The van der Waals surface area contributed by atoms with E-state index in [1.165, 1.54) is 11.1 Å². The van der Waals surface area contributed by atoms with Crippen LogP contribution >= 0.6 is 0 Å². The molecule has 0 unspecified atom stereocenters.